The average Bonchev–Trinajstić information content (AvgIpc) is 2.64. The van der Waals surface area contributed by atoms with Crippen molar-refractivity contribution in [3.8, 4) is 5.69 Å². The van der Waals surface area contributed by atoms with Gasteiger partial charge >= 0.3 is 0 Å². The molecule has 0 aliphatic carbocycles. The summed E-state index contributed by atoms with van der Waals surface area (Å²) in [5, 5.41) is 0.819. The van der Waals surface area contributed by atoms with Gasteiger partial charge < -0.3 is 4.57 Å². The van der Waals surface area contributed by atoms with Gasteiger partial charge in [-0.25, -0.2) is 0 Å². The molecule has 2 aromatic rings. The van der Waals surface area contributed by atoms with Crippen LogP contribution in [0.15, 0.2) is 36.7 Å². The van der Waals surface area contributed by atoms with Crippen LogP contribution in [0.25, 0.3) is 5.69 Å². The molecule has 14 heavy (non-hydrogen) atoms. The van der Waals surface area contributed by atoms with Crippen LogP contribution in [0.1, 0.15) is 11.1 Å². The molecule has 72 valence electrons. The molecule has 0 unspecified atom stereocenters. The van der Waals surface area contributed by atoms with Crippen LogP contribution in [0.3, 0.4) is 0 Å². The van der Waals surface area contributed by atoms with Crippen LogP contribution in [0.4, 0.5) is 0 Å². The van der Waals surface area contributed by atoms with Gasteiger partial charge in [-0.2, -0.15) is 0 Å². The summed E-state index contributed by atoms with van der Waals surface area (Å²) < 4.78 is 2.07. The Kier molecular flexibility index (Phi) is 2.34. The molecule has 0 saturated carbocycles. The zero-order valence-corrected chi connectivity index (χ0v) is 9.05. The third-order valence-corrected chi connectivity index (χ3v) is 2.77. The average molecular weight is 206 g/mol. The van der Waals surface area contributed by atoms with E-state index in [1.54, 1.807) is 0 Å². The monoisotopic (exact) mass is 205 g/mol. The number of hydrogen-bond acceptors (Lipinski definition) is 0. The maximum Gasteiger partial charge on any atom is 0.0493 e. The Labute approximate surface area is 88.9 Å². The maximum atomic E-state index is 6.09. The van der Waals surface area contributed by atoms with E-state index in [0.29, 0.717) is 0 Å². The van der Waals surface area contributed by atoms with Gasteiger partial charge in [-0.05, 0) is 43.2 Å². The van der Waals surface area contributed by atoms with Gasteiger partial charge in [0.25, 0.3) is 0 Å². The minimum atomic E-state index is 0.819. The molecule has 0 N–H and O–H groups in total. The summed E-state index contributed by atoms with van der Waals surface area (Å²) in [7, 11) is 0. The van der Waals surface area contributed by atoms with E-state index in [9.17, 15) is 0 Å². The van der Waals surface area contributed by atoms with E-state index in [1.807, 2.05) is 37.5 Å². The topological polar surface area (TPSA) is 4.93 Å². The SMILES string of the molecule is Cc1cc(C)c(-n2cccc2)cc1Cl. The van der Waals surface area contributed by atoms with Gasteiger partial charge in [-0.1, -0.05) is 17.7 Å². The first-order chi connectivity index (χ1) is 6.68. The van der Waals surface area contributed by atoms with E-state index < -0.39 is 0 Å². The smallest absolute Gasteiger partial charge is 0.0493 e. The second-order valence-electron chi connectivity index (χ2n) is 3.48. The van der Waals surface area contributed by atoms with Crippen LogP contribution in [0.2, 0.25) is 5.02 Å². The summed E-state index contributed by atoms with van der Waals surface area (Å²) in [5.41, 5.74) is 3.51. The number of halogens is 1. The third kappa shape index (κ3) is 1.55. The molecule has 0 fully saturated rings. The fourth-order valence-corrected chi connectivity index (χ4v) is 1.75. The van der Waals surface area contributed by atoms with Gasteiger partial charge in [0.15, 0.2) is 0 Å². The van der Waals surface area contributed by atoms with E-state index in [-0.39, 0.29) is 0 Å². The molecular formula is C12H12ClN. The van der Waals surface area contributed by atoms with Gasteiger partial charge in [0, 0.05) is 23.1 Å². The second kappa shape index (κ2) is 3.50. The van der Waals surface area contributed by atoms with E-state index in [0.717, 1.165) is 16.3 Å². The van der Waals surface area contributed by atoms with Crippen LogP contribution < -0.4 is 0 Å². The minimum absolute atomic E-state index is 0.819. The minimum Gasteiger partial charge on any atom is -0.324 e. The fraction of sp³-hybridized carbons (Fsp3) is 0.167. The molecule has 2 rings (SSSR count). The highest BCUT2D eigenvalue weighted by atomic mass is 35.5. The van der Waals surface area contributed by atoms with Crippen molar-refractivity contribution in [2.24, 2.45) is 0 Å². The molecule has 1 nitrogen and oxygen atoms in total. The Balaban J connectivity index is 2.60. The van der Waals surface area contributed by atoms with Crippen LogP contribution >= 0.6 is 11.6 Å². The Morgan fingerprint density at radius 2 is 1.64 bits per heavy atom. The zero-order valence-electron chi connectivity index (χ0n) is 8.29. The molecule has 1 heterocycles. The molecular weight excluding hydrogens is 194 g/mol. The standard InChI is InChI=1S/C12H12ClN/c1-9-7-10(2)12(8-11(9)13)14-5-3-4-6-14/h3-8H,1-2H3. The summed E-state index contributed by atoms with van der Waals surface area (Å²) in [5.74, 6) is 0. The van der Waals surface area contributed by atoms with Gasteiger partial charge in [-0.15, -0.1) is 0 Å². The summed E-state index contributed by atoms with van der Waals surface area (Å²) in [6.45, 7) is 4.12. The first-order valence-corrected chi connectivity index (χ1v) is 4.96. The van der Waals surface area contributed by atoms with E-state index in [2.05, 4.69) is 17.6 Å². The Bertz CT molecular complexity index is 444. The molecule has 0 spiro atoms. The molecule has 0 amide bonds. The molecule has 0 bridgehead atoms. The van der Waals surface area contributed by atoms with Crippen LogP contribution in [0.5, 0.6) is 0 Å². The van der Waals surface area contributed by atoms with Crippen LogP contribution in [-0.2, 0) is 0 Å². The zero-order chi connectivity index (χ0) is 10.1. The molecule has 1 aromatic heterocycles. The molecule has 1 aromatic carbocycles. The highest BCUT2D eigenvalue weighted by molar-refractivity contribution is 6.31. The lowest BCUT2D eigenvalue weighted by atomic mass is 10.1. The lowest BCUT2D eigenvalue weighted by molar-refractivity contribution is 1.06. The fourth-order valence-electron chi connectivity index (χ4n) is 1.59. The largest absolute Gasteiger partial charge is 0.324 e. The van der Waals surface area contributed by atoms with Gasteiger partial charge in [0.1, 0.15) is 0 Å². The predicted octanol–water partition coefficient (Wildman–Crippen LogP) is 3.75. The quantitative estimate of drug-likeness (QED) is 0.668. The van der Waals surface area contributed by atoms with E-state index in [1.165, 1.54) is 5.56 Å². The van der Waals surface area contributed by atoms with Crippen molar-refractivity contribution < 1.29 is 0 Å². The molecule has 0 aliphatic heterocycles. The first-order valence-electron chi connectivity index (χ1n) is 4.58. The third-order valence-electron chi connectivity index (χ3n) is 2.36. The van der Waals surface area contributed by atoms with Crippen LogP contribution in [-0.4, -0.2) is 4.57 Å². The second-order valence-corrected chi connectivity index (χ2v) is 3.89. The summed E-state index contributed by atoms with van der Waals surface area (Å²) in [6, 6.07) is 8.13. The summed E-state index contributed by atoms with van der Waals surface area (Å²) in [4.78, 5) is 0. The van der Waals surface area contributed by atoms with Crippen molar-refractivity contribution in [1.82, 2.24) is 4.57 Å². The van der Waals surface area contributed by atoms with Crippen LogP contribution in [0, 0.1) is 13.8 Å². The van der Waals surface area contributed by atoms with Crippen molar-refractivity contribution in [2.45, 2.75) is 13.8 Å². The van der Waals surface area contributed by atoms with Crippen molar-refractivity contribution in [3.05, 3.63) is 52.8 Å². The Morgan fingerprint density at radius 3 is 2.29 bits per heavy atom. The number of aromatic nitrogens is 1. The lowest BCUT2D eigenvalue weighted by Gasteiger charge is -2.09. The Hall–Kier alpha value is -1.21. The van der Waals surface area contributed by atoms with Crippen molar-refractivity contribution in [3.63, 3.8) is 0 Å². The number of benzene rings is 1. The highest BCUT2D eigenvalue weighted by Gasteiger charge is 2.03. The number of hydrogen-bond donors (Lipinski definition) is 0. The van der Waals surface area contributed by atoms with Crippen molar-refractivity contribution in [2.75, 3.05) is 0 Å². The lowest BCUT2D eigenvalue weighted by Crippen LogP contribution is -1.94. The van der Waals surface area contributed by atoms with Gasteiger partial charge in [0.05, 0.1) is 0 Å². The van der Waals surface area contributed by atoms with Crippen molar-refractivity contribution >= 4 is 11.6 Å². The highest BCUT2D eigenvalue weighted by Crippen LogP contribution is 2.23. The first kappa shape index (κ1) is 9.35. The number of nitrogens with zero attached hydrogens (tertiary/aromatic N) is 1. The van der Waals surface area contributed by atoms with Crippen molar-refractivity contribution in [1.29, 1.82) is 0 Å². The molecule has 0 saturated heterocycles. The Morgan fingerprint density at radius 1 is 1.00 bits per heavy atom. The number of rotatable bonds is 1. The van der Waals surface area contributed by atoms with Gasteiger partial charge in [-0.3, -0.25) is 0 Å². The molecule has 2 heteroatoms. The summed E-state index contributed by atoms with van der Waals surface area (Å²) in [6.07, 6.45) is 4.04. The molecule has 0 aliphatic rings. The molecule has 0 radical (unpaired) electrons. The molecule has 0 atom stereocenters. The normalized spacial score (nSPS) is 10.5. The van der Waals surface area contributed by atoms with Gasteiger partial charge in [0.2, 0.25) is 0 Å². The predicted molar refractivity (Wildman–Crippen MR) is 60.3 cm³/mol. The van der Waals surface area contributed by atoms with E-state index >= 15 is 0 Å². The van der Waals surface area contributed by atoms with E-state index in [4.69, 9.17) is 11.6 Å². The number of aryl methyl sites for hydroxylation is 2. The maximum absolute atomic E-state index is 6.09. The summed E-state index contributed by atoms with van der Waals surface area (Å²) >= 11 is 6.09.